The van der Waals surface area contributed by atoms with Crippen molar-refractivity contribution < 1.29 is 18.8 Å². The highest BCUT2D eigenvalue weighted by Gasteiger charge is 2.28. The largest absolute Gasteiger partial charge is 0.323 e. The summed E-state index contributed by atoms with van der Waals surface area (Å²) < 4.78 is 13.6. The standard InChI is InChI=1S/C13H12ClFN2O3/c14-8-2-1-3-9(13(8)15)16-10(18)6-7-17-11(19)4-5-12(17)20/h1-3H,4-7H2,(H,16,18). The van der Waals surface area contributed by atoms with Gasteiger partial charge < -0.3 is 5.32 Å². The molecule has 1 aromatic carbocycles. The van der Waals surface area contributed by atoms with Gasteiger partial charge in [-0.1, -0.05) is 17.7 Å². The summed E-state index contributed by atoms with van der Waals surface area (Å²) in [4.78, 5) is 35.4. The molecule has 0 radical (unpaired) electrons. The first-order chi connectivity index (χ1) is 9.49. The van der Waals surface area contributed by atoms with E-state index in [2.05, 4.69) is 5.32 Å². The van der Waals surface area contributed by atoms with Crippen molar-refractivity contribution in [1.82, 2.24) is 4.90 Å². The minimum atomic E-state index is -0.712. The number of likely N-dealkylation sites (tertiary alicyclic amines) is 1. The number of imide groups is 1. The first-order valence-corrected chi connectivity index (χ1v) is 6.44. The summed E-state index contributed by atoms with van der Waals surface area (Å²) in [6.45, 7) is 0.00564. The van der Waals surface area contributed by atoms with Crippen LogP contribution in [0, 0.1) is 5.82 Å². The zero-order valence-corrected chi connectivity index (χ0v) is 11.2. The molecule has 1 aliphatic heterocycles. The fraction of sp³-hybridized carbons (Fsp3) is 0.308. The van der Waals surface area contributed by atoms with Gasteiger partial charge in [-0.3, -0.25) is 19.3 Å². The number of benzene rings is 1. The second-order valence-electron chi connectivity index (χ2n) is 4.34. The average Bonchev–Trinajstić information content (AvgIpc) is 2.72. The van der Waals surface area contributed by atoms with Crippen LogP contribution in [0.1, 0.15) is 19.3 Å². The molecule has 2 rings (SSSR count). The Morgan fingerprint density at radius 1 is 1.30 bits per heavy atom. The lowest BCUT2D eigenvalue weighted by molar-refractivity contribution is -0.138. The lowest BCUT2D eigenvalue weighted by atomic mass is 10.3. The topological polar surface area (TPSA) is 66.5 Å². The highest BCUT2D eigenvalue weighted by molar-refractivity contribution is 6.31. The van der Waals surface area contributed by atoms with Crippen LogP contribution in [0.3, 0.4) is 0 Å². The Balaban J connectivity index is 1.91. The van der Waals surface area contributed by atoms with E-state index in [1.807, 2.05) is 0 Å². The maximum absolute atomic E-state index is 13.6. The molecular formula is C13H12ClFN2O3. The molecule has 0 atom stereocenters. The van der Waals surface area contributed by atoms with E-state index in [-0.39, 0.29) is 48.3 Å². The van der Waals surface area contributed by atoms with Crippen LogP contribution in [-0.4, -0.2) is 29.2 Å². The first kappa shape index (κ1) is 14.5. The SMILES string of the molecule is O=C(CCN1C(=O)CCC1=O)Nc1cccc(Cl)c1F. The quantitative estimate of drug-likeness (QED) is 0.864. The fourth-order valence-electron chi connectivity index (χ4n) is 1.90. The Kier molecular flexibility index (Phi) is 4.34. The van der Waals surface area contributed by atoms with Gasteiger partial charge in [-0.2, -0.15) is 0 Å². The Morgan fingerprint density at radius 3 is 2.60 bits per heavy atom. The molecular weight excluding hydrogens is 287 g/mol. The van der Waals surface area contributed by atoms with Crippen molar-refractivity contribution in [3.63, 3.8) is 0 Å². The molecule has 1 aliphatic rings. The van der Waals surface area contributed by atoms with Crippen LogP contribution in [0.2, 0.25) is 5.02 Å². The summed E-state index contributed by atoms with van der Waals surface area (Å²) in [5.74, 6) is -1.76. The van der Waals surface area contributed by atoms with Crippen molar-refractivity contribution in [2.75, 3.05) is 11.9 Å². The van der Waals surface area contributed by atoms with Crippen molar-refractivity contribution in [2.45, 2.75) is 19.3 Å². The van der Waals surface area contributed by atoms with Crippen molar-refractivity contribution in [3.8, 4) is 0 Å². The molecule has 0 aromatic heterocycles. The van der Waals surface area contributed by atoms with Gasteiger partial charge in [-0.05, 0) is 12.1 Å². The molecule has 1 aromatic rings. The van der Waals surface area contributed by atoms with E-state index in [4.69, 9.17) is 11.6 Å². The monoisotopic (exact) mass is 298 g/mol. The van der Waals surface area contributed by atoms with Crippen molar-refractivity contribution in [2.24, 2.45) is 0 Å². The lowest BCUT2D eigenvalue weighted by Crippen LogP contribution is -2.32. The van der Waals surface area contributed by atoms with E-state index in [0.29, 0.717) is 0 Å². The summed E-state index contributed by atoms with van der Waals surface area (Å²) in [7, 11) is 0. The number of nitrogens with one attached hydrogen (secondary N) is 1. The Bertz CT molecular complexity index is 561. The number of rotatable bonds is 4. The molecule has 0 aliphatic carbocycles. The molecule has 0 bridgehead atoms. The van der Waals surface area contributed by atoms with Gasteiger partial charge in [0.05, 0.1) is 10.7 Å². The van der Waals surface area contributed by atoms with Crippen LogP contribution in [0.25, 0.3) is 0 Å². The summed E-state index contributed by atoms with van der Waals surface area (Å²) >= 11 is 5.59. The van der Waals surface area contributed by atoms with Crippen LogP contribution >= 0.6 is 11.6 Å². The van der Waals surface area contributed by atoms with Gasteiger partial charge in [-0.25, -0.2) is 4.39 Å². The van der Waals surface area contributed by atoms with E-state index in [1.165, 1.54) is 18.2 Å². The highest BCUT2D eigenvalue weighted by Crippen LogP contribution is 2.22. The third kappa shape index (κ3) is 3.14. The third-order valence-corrected chi connectivity index (χ3v) is 3.23. The van der Waals surface area contributed by atoms with E-state index in [1.54, 1.807) is 0 Å². The summed E-state index contributed by atoms with van der Waals surface area (Å²) in [6.07, 6.45) is 0.288. The smallest absolute Gasteiger partial charge is 0.229 e. The fourth-order valence-corrected chi connectivity index (χ4v) is 2.07. The van der Waals surface area contributed by atoms with Gasteiger partial charge in [-0.15, -0.1) is 0 Å². The summed E-state index contributed by atoms with van der Waals surface area (Å²) in [6, 6.07) is 4.26. The van der Waals surface area contributed by atoms with E-state index >= 15 is 0 Å². The van der Waals surface area contributed by atoms with Crippen LogP contribution in [-0.2, 0) is 14.4 Å². The molecule has 3 amide bonds. The molecule has 7 heteroatoms. The van der Waals surface area contributed by atoms with E-state index in [0.717, 1.165) is 4.90 Å². The van der Waals surface area contributed by atoms with Gasteiger partial charge in [0.25, 0.3) is 0 Å². The van der Waals surface area contributed by atoms with Crippen molar-refractivity contribution >= 4 is 35.0 Å². The molecule has 1 heterocycles. The number of nitrogens with zero attached hydrogens (tertiary/aromatic N) is 1. The van der Waals surface area contributed by atoms with Gasteiger partial charge in [0.1, 0.15) is 0 Å². The number of halogens is 2. The predicted molar refractivity (Wildman–Crippen MR) is 70.6 cm³/mol. The number of hydrogen-bond donors (Lipinski definition) is 1. The Morgan fingerprint density at radius 2 is 1.95 bits per heavy atom. The minimum Gasteiger partial charge on any atom is -0.323 e. The van der Waals surface area contributed by atoms with Crippen molar-refractivity contribution in [1.29, 1.82) is 0 Å². The number of anilines is 1. The zero-order chi connectivity index (χ0) is 14.7. The lowest BCUT2D eigenvalue weighted by Gasteiger charge is -2.13. The van der Waals surface area contributed by atoms with Crippen LogP contribution < -0.4 is 5.32 Å². The van der Waals surface area contributed by atoms with Gasteiger partial charge in [0.2, 0.25) is 17.7 Å². The Labute approximate surface area is 119 Å². The van der Waals surface area contributed by atoms with Gasteiger partial charge in [0, 0.05) is 25.8 Å². The minimum absolute atomic E-state index is 0.00564. The summed E-state index contributed by atoms with van der Waals surface area (Å²) in [5, 5.41) is 2.27. The molecule has 1 saturated heterocycles. The van der Waals surface area contributed by atoms with E-state index in [9.17, 15) is 18.8 Å². The third-order valence-electron chi connectivity index (χ3n) is 2.94. The van der Waals surface area contributed by atoms with Gasteiger partial charge in [0.15, 0.2) is 5.82 Å². The maximum atomic E-state index is 13.6. The van der Waals surface area contributed by atoms with E-state index < -0.39 is 11.7 Å². The Hall–Kier alpha value is -1.95. The normalized spacial score (nSPS) is 14.8. The number of carbonyl (C=O) groups is 3. The van der Waals surface area contributed by atoms with Crippen LogP contribution in [0.4, 0.5) is 10.1 Å². The van der Waals surface area contributed by atoms with Crippen molar-refractivity contribution in [3.05, 3.63) is 29.0 Å². The second kappa shape index (κ2) is 6.00. The second-order valence-corrected chi connectivity index (χ2v) is 4.75. The van der Waals surface area contributed by atoms with Crippen LogP contribution in [0.15, 0.2) is 18.2 Å². The number of hydrogen-bond acceptors (Lipinski definition) is 3. The molecule has 1 N–H and O–H groups in total. The number of amides is 3. The summed E-state index contributed by atoms with van der Waals surface area (Å²) in [5.41, 5.74) is -0.0263. The molecule has 0 saturated carbocycles. The average molecular weight is 299 g/mol. The molecule has 106 valence electrons. The number of carbonyl (C=O) groups excluding carboxylic acids is 3. The molecule has 0 spiro atoms. The molecule has 20 heavy (non-hydrogen) atoms. The van der Waals surface area contributed by atoms with Gasteiger partial charge >= 0.3 is 0 Å². The van der Waals surface area contributed by atoms with Crippen LogP contribution in [0.5, 0.6) is 0 Å². The molecule has 1 fully saturated rings. The predicted octanol–water partition coefficient (Wildman–Crippen LogP) is 1.96. The molecule has 0 unspecified atom stereocenters. The molecule has 5 nitrogen and oxygen atoms in total. The maximum Gasteiger partial charge on any atom is 0.229 e. The first-order valence-electron chi connectivity index (χ1n) is 6.06. The zero-order valence-electron chi connectivity index (χ0n) is 10.5. The highest BCUT2D eigenvalue weighted by atomic mass is 35.5.